The second-order valence-electron chi connectivity index (χ2n) is 26.2. The van der Waals surface area contributed by atoms with Gasteiger partial charge < -0.3 is 109 Å². The maximum atomic E-state index is 15.4. The van der Waals surface area contributed by atoms with Crippen molar-refractivity contribution in [2.45, 2.75) is 205 Å². The first-order valence-electron chi connectivity index (χ1n) is 33.1. The van der Waals surface area contributed by atoms with Gasteiger partial charge in [0.05, 0.1) is 31.9 Å². The number of aromatic hydroxyl groups is 1. The van der Waals surface area contributed by atoms with Gasteiger partial charge >= 0.3 is 5.97 Å². The van der Waals surface area contributed by atoms with Crippen molar-refractivity contribution >= 4 is 76.9 Å². The summed E-state index contributed by atoms with van der Waals surface area (Å²) < 4.78 is 17.3. The van der Waals surface area contributed by atoms with Gasteiger partial charge in [0.15, 0.2) is 5.60 Å². The first-order chi connectivity index (χ1) is 46.7. The van der Waals surface area contributed by atoms with Gasteiger partial charge in [-0.1, -0.05) is 83.9 Å². The summed E-state index contributed by atoms with van der Waals surface area (Å²) in [7, 11) is 3.53. The molecular formula is C66H105N13O21. The van der Waals surface area contributed by atoms with Crippen LogP contribution in [-0.4, -0.2) is 250 Å². The van der Waals surface area contributed by atoms with E-state index >= 15 is 19.2 Å². The van der Waals surface area contributed by atoms with E-state index in [1.54, 1.807) is 6.92 Å². The van der Waals surface area contributed by atoms with Crippen LogP contribution in [0.5, 0.6) is 5.75 Å². The number of phenolic OH excluding ortho intramolecular Hbond substituents is 1. The molecule has 1 aromatic rings. The number of benzene rings is 1. The number of likely N-dealkylation sites (N-methyl/N-ethyl adjacent to an activating group) is 1. The molecule has 2 aliphatic rings. The van der Waals surface area contributed by atoms with E-state index in [9.17, 15) is 68.7 Å². The SMILES string of the molecule is CCC(C)/C=C(C)/C=C\C(O)C(C)(O)C(=O)NCC(=O)N[C@@H](C(=O)NC(C(=O)N[C@H](C(=O)N[C@H]1C(=O)N[C@H](COC)C(=O)NCC(=O)N[C@@H](C)C(=O)N(C)[C@H]([C@@H](C)O)C(=O)NC(C(OC)c2ccc(O)cc2)C(=O)N2CCCCC2C(=O)O[C@@H]1C(C)C)[C@@H](C)[C@@H](C)C(N)=O)[C@H](C)N)[C@@H](C)O. The zero-order chi connectivity index (χ0) is 76.0. The molecule has 1 aromatic carbocycles. The summed E-state index contributed by atoms with van der Waals surface area (Å²) >= 11 is 0. The number of aliphatic hydroxyl groups excluding tert-OH is 3. The smallest absolute Gasteiger partial charge is 0.329 e. The van der Waals surface area contributed by atoms with E-state index in [0.717, 1.165) is 49.8 Å². The van der Waals surface area contributed by atoms with Crippen LogP contribution in [0.15, 0.2) is 48.1 Å². The zero-order valence-corrected chi connectivity index (χ0v) is 59.5. The van der Waals surface area contributed by atoms with E-state index in [1.165, 1.54) is 92.0 Å². The number of carbonyl (C=O) groups is 13. The van der Waals surface area contributed by atoms with E-state index in [4.69, 9.17) is 25.7 Å². The van der Waals surface area contributed by atoms with E-state index in [1.807, 2.05) is 19.9 Å². The lowest BCUT2D eigenvalue weighted by molar-refractivity contribution is -0.168. The monoisotopic (exact) mass is 1420 g/mol. The molecule has 2 saturated heterocycles. The molecule has 2 fully saturated rings. The second kappa shape index (κ2) is 39.4. The highest BCUT2D eigenvalue weighted by Crippen LogP contribution is 2.29. The third-order valence-corrected chi connectivity index (χ3v) is 17.6. The van der Waals surface area contributed by atoms with E-state index in [2.05, 4.69) is 47.9 Å². The van der Waals surface area contributed by atoms with Crippen molar-refractivity contribution < 1.29 is 102 Å². The van der Waals surface area contributed by atoms with Gasteiger partial charge in [0, 0.05) is 39.8 Å². The predicted molar refractivity (Wildman–Crippen MR) is 359 cm³/mol. The normalized spacial score (nSPS) is 24.5. The minimum Gasteiger partial charge on any atom is -0.508 e. The van der Waals surface area contributed by atoms with Crippen LogP contribution in [0.25, 0.3) is 0 Å². The van der Waals surface area contributed by atoms with E-state index in [-0.39, 0.29) is 36.6 Å². The third kappa shape index (κ3) is 24.0. The Morgan fingerprint density at radius 1 is 0.820 bits per heavy atom. The standard InChI is InChI=1S/C66H105N13O21/c1-16-32(4)27-33(5)20-25-44(83)66(12,97)65(96)70-29-46(85)73-49(38(10)80)59(90)75-48(36(8)67)58(89)74-47(34(6)35(7)55(68)86)57(88)76-50-53(31(2)3)100-64(95)43-19-17-18-26-79(43)63(94)51(54(99-15)40-21-23-41(82)24-22-40)77-61(92)52(39(11)81)78(13)62(93)37(9)71-45(84)28-69-56(87)42(30-98-14)72-60(50)91/h20-25,27,31-32,34-39,42-44,47-54,80-83,97H,16-19,26,28-30,67H2,1-15H3,(H2,68,86)(H,69,87)(H,70,96)(H,71,84)(H,72,91)(H,73,85)(H,74,89)(H,75,90)(H,76,88)(H,77,92)/b25-20-,33-27+/t32?,34-,35+,36-,37-,38+,39+,42+,43?,44?,47-,48?,49+,50+,51?,52+,53+,54?,66?/m0/s1. The maximum absolute atomic E-state index is 15.4. The van der Waals surface area contributed by atoms with Crippen LogP contribution >= 0.6 is 0 Å². The van der Waals surface area contributed by atoms with Crippen LogP contribution in [0.3, 0.4) is 0 Å². The number of aliphatic hydroxyl groups is 4. The summed E-state index contributed by atoms with van der Waals surface area (Å²) in [6.07, 6.45) is -2.32. The Morgan fingerprint density at radius 2 is 1.43 bits per heavy atom. The molecule has 0 aliphatic carbocycles. The number of primary amides is 1. The van der Waals surface area contributed by atoms with Crippen molar-refractivity contribution in [3.63, 3.8) is 0 Å². The number of allylic oxidation sites excluding steroid dienone is 3. The third-order valence-electron chi connectivity index (χ3n) is 17.6. The lowest BCUT2D eigenvalue weighted by Crippen LogP contribution is -2.66. The van der Waals surface area contributed by atoms with Crippen LogP contribution in [0.2, 0.25) is 0 Å². The molecule has 18 N–H and O–H groups in total. The van der Waals surface area contributed by atoms with Crippen molar-refractivity contribution in [1.82, 2.24) is 57.7 Å². The molecule has 12 amide bonds. The van der Waals surface area contributed by atoms with E-state index in [0.29, 0.717) is 6.42 Å². The number of phenols is 1. The number of amides is 12. The van der Waals surface area contributed by atoms with Crippen molar-refractivity contribution in [2.75, 3.05) is 47.5 Å². The fourth-order valence-corrected chi connectivity index (χ4v) is 11.1. The van der Waals surface area contributed by atoms with Gasteiger partial charge in [0.25, 0.3) is 5.91 Å². The summed E-state index contributed by atoms with van der Waals surface area (Å²) in [5.41, 5.74) is 10.5. The fraction of sp³-hybridized carbons (Fsp3) is 0.652. The lowest BCUT2D eigenvalue weighted by Gasteiger charge is -2.40. The highest BCUT2D eigenvalue weighted by atomic mass is 16.5. The molecule has 2 aliphatic heterocycles. The fourth-order valence-electron chi connectivity index (χ4n) is 11.1. The molecule has 560 valence electrons. The molecule has 19 atom stereocenters. The molecule has 0 saturated carbocycles. The summed E-state index contributed by atoms with van der Waals surface area (Å²) in [5, 5.41) is 75.2. The Bertz CT molecular complexity index is 3110. The molecule has 0 aromatic heterocycles. The van der Waals surface area contributed by atoms with Gasteiger partial charge in [0.1, 0.15) is 78.4 Å². The Labute approximate surface area is 581 Å². The molecule has 34 nitrogen and oxygen atoms in total. The molecule has 2 heterocycles. The van der Waals surface area contributed by atoms with Crippen molar-refractivity contribution in [3.8, 4) is 5.75 Å². The molecule has 0 bridgehead atoms. The lowest BCUT2D eigenvalue weighted by atomic mass is 9.87. The molecular weight excluding hydrogens is 1310 g/mol. The number of esters is 1. The maximum Gasteiger partial charge on any atom is 0.329 e. The number of nitrogens with two attached hydrogens (primary N) is 2. The number of nitrogens with one attached hydrogen (secondary N) is 9. The number of rotatable bonds is 27. The highest BCUT2D eigenvalue weighted by Gasteiger charge is 2.47. The number of cyclic esters (lactones) is 1. The number of piperidine rings is 1. The Morgan fingerprint density at radius 3 is 1.98 bits per heavy atom. The number of nitrogens with zero attached hydrogens (tertiary/aromatic N) is 2. The van der Waals surface area contributed by atoms with Crippen LogP contribution in [0.1, 0.15) is 120 Å². The zero-order valence-electron chi connectivity index (χ0n) is 59.5. The first-order valence-corrected chi connectivity index (χ1v) is 33.1. The molecule has 0 spiro atoms. The Balaban J connectivity index is 2.19. The summed E-state index contributed by atoms with van der Waals surface area (Å²) in [4.78, 5) is 187. The van der Waals surface area contributed by atoms with Crippen LogP contribution in [0.4, 0.5) is 0 Å². The number of carbonyl (C=O) groups excluding carboxylic acids is 13. The number of hydrogen-bond acceptors (Lipinski definition) is 22. The van der Waals surface area contributed by atoms with E-state index < -0.39 is 211 Å². The topological polar surface area (TPSA) is 518 Å². The number of ether oxygens (including phenoxy) is 3. The van der Waals surface area contributed by atoms with Gasteiger partial charge in [-0.15, -0.1) is 0 Å². The van der Waals surface area contributed by atoms with Gasteiger partial charge in [0.2, 0.25) is 65.0 Å². The van der Waals surface area contributed by atoms with Gasteiger partial charge in [-0.2, -0.15) is 0 Å². The Kier molecular flexibility index (Phi) is 33.7. The van der Waals surface area contributed by atoms with Crippen LogP contribution < -0.4 is 59.3 Å². The van der Waals surface area contributed by atoms with Gasteiger partial charge in [-0.3, -0.25) is 57.5 Å². The molecule has 34 heteroatoms. The van der Waals surface area contributed by atoms with Crippen LogP contribution in [0, 0.1) is 23.7 Å². The predicted octanol–water partition coefficient (Wildman–Crippen LogP) is -4.31. The van der Waals surface area contributed by atoms with Crippen molar-refractivity contribution in [3.05, 3.63) is 53.6 Å². The average Bonchev–Trinajstić information content (AvgIpc) is 0.796. The minimum absolute atomic E-state index is 0.0921. The molecule has 100 heavy (non-hydrogen) atoms. The first kappa shape index (κ1) is 85.6. The molecule has 7 unspecified atom stereocenters. The molecule has 0 radical (unpaired) electrons. The minimum atomic E-state index is -2.46. The van der Waals surface area contributed by atoms with Crippen molar-refractivity contribution in [1.29, 1.82) is 0 Å². The van der Waals surface area contributed by atoms with Crippen LogP contribution in [-0.2, 0) is 76.5 Å². The summed E-state index contributed by atoms with van der Waals surface area (Å²) in [6.45, 7) is 14.6. The highest BCUT2D eigenvalue weighted by molar-refractivity contribution is 6.00. The summed E-state index contributed by atoms with van der Waals surface area (Å²) in [6, 6.07) is -12.0. The second-order valence-corrected chi connectivity index (χ2v) is 26.2. The number of fused-ring (bicyclic) bond motifs is 1. The number of hydrogen-bond donors (Lipinski definition) is 16. The largest absolute Gasteiger partial charge is 0.508 e. The average molecular weight is 1420 g/mol. The summed E-state index contributed by atoms with van der Waals surface area (Å²) in [5.74, 6) is -18.1. The van der Waals surface area contributed by atoms with Crippen molar-refractivity contribution in [2.24, 2.45) is 35.1 Å². The molecule has 3 rings (SSSR count). The quantitative estimate of drug-likeness (QED) is 0.0293. The Hall–Kier alpha value is -8.67. The van der Waals surface area contributed by atoms with Gasteiger partial charge in [-0.05, 0) is 96.3 Å². The number of methoxy groups -OCH3 is 2. The van der Waals surface area contributed by atoms with Gasteiger partial charge in [-0.25, -0.2) is 4.79 Å².